The first-order valence-electron chi connectivity index (χ1n) is 4.34. The highest BCUT2D eigenvalue weighted by Crippen LogP contribution is 2.23. The van der Waals surface area contributed by atoms with Gasteiger partial charge in [0.2, 0.25) is 0 Å². The van der Waals surface area contributed by atoms with Crippen LogP contribution in [0.15, 0.2) is 28.7 Å². The van der Waals surface area contributed by atoms with Gasteiger partial charge >= 0.3 is 5.97 Å². The molecule has 3 N–H and O–H groups in total. The van der Waals surface area contributed by atoms with Crippen LogP contribution >= 0.6 is 11.3 Å². The first kappa shape index (κ1) is 11.6. The van der Waals surface area contributed by atoms with Gasteiger partial charge < -0.3 is 5.11 Å². The quantitative estimate of drug-likeness (QED) is 0.768. The average Bonchev–Trinajstić information content (AvgIpc) is 2.84. The molecule has 0 saturated carbocycles. The number of aromatic carboxylic acids is 1. The molecule has 0 fully saturated rings. The zero-order valence-electron chi connectivity index (χ0n) is 8.25. The van der Waals surface area contributed by atoms with E-state index in [4.69, 9.17) is 5.11 Å². The minimum absolute atomic E-state index is 0.0300. The van der Waals surface area contributed by atoms with Crippen molar-refractivity contribution in [2.24, 2.45) is 0 Å². The van der Waals surface area contributed by atoms with Gasteiger partial charge in [-0.15, -0.1) is 11.3 Å². The molecule has 0 bridgehead atoms. The molecule has 0 aliphatic carbocycles. The van der Waals surface area contributed by atoms with Crippen LogP contribution in [0.3, 0.4) is 0 Å². The minimum atomic E-state index is -3.75. The molecule has 0 spiro atoms. The number of H-pyrrole nitrogens is 1. The third-order valence-electron chi connectivity index (χ3n) is 1.81. The third-order valence-corrected chi connectivity index (χ3v) is 4.75. The Kier molecular flexibility index (Phi) is 2.86. The molecule has 0 atom stereocenters. The number of anilines is 1. The Hall–Kier alpha value is -1.87. The van der Waals surface area contributed by atoms with Crippen molar-refractivity contribution in [2.45, 2.75) is 4.21 Å². The lowest BCUT2D eigenvalue weighted by Gasteiger charge is -2.01. The van der Waals surface area contributed by atoms with E-state index in [0.717, 1.165) is 0 Å². The second-order valence-corrected chi connectivity index (χ2v) is 6.01. The summed E-state index contributed by atoms with van der Waals surface area (Å²) < 4.78 is 25.8. The number of nitrogens with zero attached hydrogens (tertiary/aromatic N) is 1. The van der Waals surface area contributed by atoms with Crippen LogP contribution in [0, 0.1) is 0 Å². The summed E-state index contributed by atoms with van der Waals surface area (Å²) in [6, 6.07) is 2.49. The highest BCUT2D eigenvalue weighted by Gasteiger charge is 2.19. The van der Waals surface area contributed by atoms with Gasteiger partial charge in [0, 0.05) is 6.20 Å². The summed E-state index contributed by atoms with van der Waals surface area (Å²) >= 11 is 0.689. The van der Waals surface area contributed by atoms with E-state index in [1.54, 1.807) is 0 Å². The molecule has 7 nitrogen and oxygen atoms in total. The van der Waals surface area contributed by atoms with Crippen molar-refractivity contribution < 1.29 is 18.3 Å². The smallest absolute Gasteiger partial charge is 0.345 e. The third kappa shape index (κ3) is 2.45. The van der Waals surface area contributed by atoms with E-state index in [9.17, 15) is 13.2 Å². The fourth-order valence-electron chi connectivity index (χ4n) is 1.09. The van der Waals surface area contributed by atoms with Crippen molar-refractivity contribution >= 4 is 33.0 Å². The standard InChI is InChI=1S/C8H7N3O4S2/c12-8(13)6-1-2-7(16-6)17(14,15)11-5-3-9-10-4-5/h1-4,11H,(H,9,10)(H,12,13). The molecule has 17 heavy (non-hydrogen) atoms. The van der Waals surface area contributed by atoms with Crippen LogP contribution in [-0.4, -0.2) is 29.7 Å². The molecule has 0 aliphatic heterocycles. The topological polar surface area (TPSA) is 112 Å². The molecule has 2 aromatic heterocycles. The first-order valence-corrected chi connectivity index (χ1v) is 6.64. The molecule has 0 unspecified atom stereocenters. The summed E-state index contributed by atoms with van der Waals surface area (Å²) in [5, 5.41) is 14.8. The summed E-state index contributed by atoms with van der Waals surface area (Å²) in [6.45, 7) is 0. The van der Waals surface area contributed by atoms with Crippen LogP contribution in [0.2, 0.25) is 0 Å². The Morgan fingerprint density at radius 1 is 1.47 bits per heavy atom. The van der Waals surface area contributed by atoms with E-state index in [1.807, 2.05) is 0 Å². The molecule has 2 aromatic rings. The predicted molar refractivity (Wildman–Crippen MR) is 60.7 cm³/mol. The molecule has 0 radical (unpaired) electrons. The van der Waals surface area contributed by atoms with Gasteiger partial charge in [0.1, 0.15) is 9.09 Å². The van der Waals surface area contributed by atoms with E-state index < -0.39 is 16.0 Å². The van der Waals surface area contributed by atoms with Gasteiger partial charge in [0.25, 0.3) is 10.0 Å². The number of rotatable bonds is 4. The fourth-order valence-corrected chi connectivity index (χ4v) is 3.27. The summed E-state index contributed by atoms with van der Waals surface area (Å²) in [7, 11) is -3.75. The Balaban J connectivity index is 2.28. The lowest BCUT2D eigenvalue weighted by Crippen LogP contribution is -2.10. The normalized spacial score (nSPS) is 11.3. The maximum Gasteiger partial charge on any atom is 0.345 e. The van der Waals surface area contributed by atoms with Gasteiger partial charge in [-0.1, -0.05) is 0 Å². The van der Waals surface area contributed by atoms with E-state index in [1.165, 1.54) is 24.5 Å². The molecule has 9 heteroatoms. The van der Waals surface area contributed by atoms with Crippen LogP contribution in [0.4, 0.5) is 5.69 Å². The van der Waals surface area contributed by atoms with Crippen LogP contribution in [0.25, 0.3) is 0 Å². The Morgan fingerprint density at radius 3 is 2.76 bits per heavy atom. The van der Waals surface area contributed by atoms with Gasteiger partial charge in [-0.05, 0) is 12.1 Å². The van der Waals surface area contributed by atoms with Gasteiger partial charge in [0.15, 0.2) is 0 Å². The van der Waals surface area contributed by atoms with E-state index in [-0.39, 0.29) is 14.8 Å². The number of carboxylic acid groups (broad SMARTS) is 1. The molecule has 0 saturated heterocycles. The van der Waals surface area contributed by atoms with Gasteiger partial charge in [-0.2, -0.15) is 5.10 Å². The number of nitrogens with one attached hydrogen (secondary N) is 2. The van der Waals surface area contributed by atoms with Crippen LogP contribution < -0.4 is 4.72 Å². The van der Waals surface area contributed by atoms with Gasteiger partial charge in [-0.3, -0.25) is 9.82 Å². The van der Waals surface area contributed by atoms with Crippen molar-refractivity contribution in [1.29, 1.82) is 0 Å². The zero-order chi connectivity index (χ0) is 12.5. The van der Waals surface area contributed by atoms with Crippen LogP contribution in [0.1, 0.15) is 9.67 Å². The molecular weight excluding hydrogens is 266 g/mol. The number of aromatic nitrogens is 2. The van der Waals surface area contributed by atoms with Crippen molar-refractivity contribution in [3.63, 3.8) is 0 Å². The summed E-state index contributed by atoms with van der Waals surface area (Å²) in [6.07, 6.45) is 2.69. The van der Waals surface area contributed by atoms with Crippen molar-refractivity contribution in [2.75, 3.05) is 4.72 Å². The van der Waals surface area contributed by atoms with Crippen LogP contribution in [-0.2, 0) is 10.0 Å². The zero-order valence-corrected chi connectivity index (χ0v) is 9.88. The molecule has 0 aliphatic rings. The van der Waals surface area contributed by atoms with E-state index in [0.29, 0.717) is 11.3 Å². The molecule has 0 aromatic carbocycles. The van der Waals surface area contributed by atoms with Crippen molar-refractivity contribution in [3.05, 3.63) is 29.4 Å². The lowest BCUT2D eigenvalue weighted by atomic mass is 10.5. The molecule has 2 rings (SSSR count). The number of hydrogen-bond acceptors (Lipinski definition) is 5. The van der Waals surface area contributed by atoms with Gasteiger partial charge in [0.05, 0.1) is 11.9 Å². The monoisotopic (exact) mass is 273 g/mol. The lowest BCUT2D eigenvalue weighted by molar-refractivity contribution is 0.0702. The van der Waals surface area contributed by atoms with E-state index in [2.05, 4.69) is 14.9 Å². The number of aromatic amines is 1. The number of carbonyl (C=O) groups is 1. The highest BCUT2D eigenvalue weighted by atomic mass is 32.2. The number of sulfonamides is 1. The number of thiophene rings is 1. The maximum absolute atomic E-state index is 11.8. The Bertz CT molecular complexity index is 630. The van der Waals surface area contributed by atoms with Crippen molar-refractivity contribution in [3.8, 4) is 0 Å². The van der Waals surface area contributed by atoms with Crippen molar-refractivity contribution in [1.82, 2.24) is 10.2 Å². The fraction of sp³-hybridized carbons (Fsp3) is 0. The summed E-state index contributed by atoms with van der Waals surface area (Å²) in [5.74, 6) is -1.15. The summed E-state index contributed by atoms with van der Waals surface area (Å²) in [4.78, 5) is 10.6. The number of carboxylic acids is 1. The highest BCUT2D eigenvalue weighted by molar-refractivity contribution is 7.94. The van der Waals surface area contributed by atoms with Crippen LogP contribution in [0.5, 0.6) is 0 Å². The first-order chi connectivity index (χ1) is 7.99. The Labute approximate surface area is 100 Å². The Morgan fingerprint density at radius 2 is 2.24 bits per heavy atom. The minimum Gasteiger partial charge on any atom is -0.477 e. The SMILES string of the molecule is O=C(O)c1ccc(S(=O)(=O)Nc2cn[nH]c2)s1. The molecular formula is C8H7N3O4S2. The molecule has 2 heterocycles. The summed E-state index contributed by atoms with van der Waals surface area (Å²) in [5.41, 5.74) is 0.287. The largest absolute Gasteiger partial charge is 0.477 e. The second kappa shape index (κ2) is 4.18. The second-order valence-electron chi connectivity index (χ2n) is 3.02. The average molecular weight is 273 g/mol. The van der Waals surface area contributed by atoms with Gasteiger partial charge in [-0.25, -0.2) is 13.2 Å². The van der Waals surface area contributed by atoms with E-state index >= 15 is 0 Å². The molecule has 90 valence electrons. The predicted octanol–water partition coefficient (Wildman–Crippen LogP) is 0.970. The number of hydrogen-bond donors (Lipinski definition) is 3. The molecule has 0 amide bonds. The maximum atomic E-state index is 11.8.